The molecule has 0 saturated heterocycles. The van der Waals surface area contributed by atoms with Gasteiger partial charge in [0.05, 0.1) is 24.4 Å². The number of aryl methyl sites for hydroxylation is 1. The van der Waals surface area contributed by atoms with Gasteiger partial charge >= 0.3 is 5.97 Å². The van der Waals surface area contributed by atoms with Crippen LogP contribution in [-0.4, -0.2) is 22.6 Å². The number of esters is 1. The molecule has 2 N–H and O–H groups in total. The van der Waals surface area contributed by atoms with Crippen molar-refractivity contribution in [2.24, 2.45) is 0 Å². The van der Waals surface area contributed by atoms with Crippen LogP contribution in [0.1, 0.15) is 21.9 Å². The number of aromatic nitrogens is 2. The molecule has 0 spiro atoms. The summed E-state index contributed by atoms with van der Waals surface area (Å²) in [6.07, 6.45) is 0. The number of carbonyl (C=O) groups is 1. The lowest BCUT2D eigenvalue weighted by Crippen LogP contribution is -2.08. The number of hydrogen-bond donors (Lipinski definition) is 1. The van der Waals surface area contributed by atoms with Gasteiger partial charge in [-0.3, -0.25) is 4.57 Å². The number of hydrogen-bond acceptors (Lipinski definition) is 5. The Labute approximate surface area is 114 Å². The molecule has 7 heteroatoms. The van der Waals surface area contributed by atoms with Gasteiger partial charge in [0, 0.05) is 0 Å². The molecule has 6 nitrogen and oxygen atoms in total. The normalized spacial score (nSPS) is 10.1. The molecule has 0 fully saturated rings. The number of methoxy groups -OCH3 is 1. The van der Waals surface area contributed by atoms with E-state index in [4.69, 9.17) is 11.0 Å². The number of anilines is 1. The zero-order valence-corrected chi connectivity index (χ0v) is 10.8. The largest absolute Gasteiger partial charge is 0.464 e. The molecule has 0 saturated carbocycles. The van der Waals surface area contributed by atoms with Crippen LogP contribution in [0.25, 0.3) is 5.69 Å². The number of ether oxygens (including phenoxy) is 1. The van der Waals surface area contributed by atoms with Crippen molar-refractivity contribution in [1.29, 1.82) is 5.26 Å². The molecule has 2 aromatic rings. The van der Waals surface area contributed by atoms with E-state index < -0.39 is 11.8 Å². The standard InChI is InChI=1S/C13H11FN4O2/c1-7-17-11(13(19)20-2)12(16)18(7)10-4-3-8(6-15)5-9(10)14/h3-5H,16H2,1-2H3. The highest BCUT2D eigenvalue weighted by atomic mass is 19.1. The Bertz CT molecular complexity index is 731. The van der Waals surface area contributed by atoms with Gasteiger partial charge in [-0.25, -0.2) is 14.2 Å². The summed E-state index contributed by atoms with van der Waals surface area (Å²) < 4.78 is 19.9. The first-order valence-electron chi connectivity index (χ1n) is 5.62. The molecule has 102 valence electrons. The first-order chi connectivity index (χ1) is 9.49. The van der Waals surface area contributed by atoms with Crippen molar-refractivity contribution < 1.29 is 13.9 Å². The highest BCUT2D eigenvalue weighted by Gasteiger charge is 2.21. The fourth-order valence-corrected chi connectivity index (χ4v) is 1.86. The summed E-state index contributed by atoms with van der Waals surface area (Å²) in [6.45, 7) is 1.58. The number of nitrogens with two attached hydrogens (primary N) is 1. The van der Waals surface area contributed by atoms with Crippen LogP contribution < -0.4 is 5.73 Å². The van der Waals surface area contributed by atoms with Gasteiger partial charge in [0.2, 0.25) is 0 Å². The first-order valence-corrected chi connectivity index (χ1v) is 5.62. The maximum absolute atomic E-state index is 14.0. The van der Waals surface area contributed by atoms with Gasteiger partial charge in [-0.1, -0.05) is 0 Å². The second-order valence-corrected chi connectivity index (χ2v) is 4.00. The summed E-state index contributed by atoms with van der Waals surface area (Å²) in [4.78, 5) is 15.5. The number of nitrogen functional groups attached to an aromatic ring is 1. The first kappa shape index (κ1) is 13.5. The Morgan fingerprint density at radius 3 is 2.80 bits per heavy atom. The smallest absolute Gasteiger partial charge is 0.360 e. The Balaban J connectivity index is 2.62. The third-order valence-corrected chi connectivity index (χ3v) is 2.78. The molecule has 1 heterocycles. The van der Waals surface area contributed by atoms with E-state index in [1.807, 2.05) is 6.07 Å². The van der Waals surface area contributed by atoms with Crippen LogP contribution in [-0.2, 0) is 4.74 Å². The van der Waals surface area contributed by atoms with Crippen molar-refractivity contribution in [1.82, 2.24) is 9.55 Å². The molecular weight excluding hydrogens is 263 g/mol. The van der Waals surface area contributed by atoms with E-state index in [9.17, 15) is 9.18 Å². The summed E-state index contributed by atoms with van der Waals surface area (Å²) in [5.41, 5.74) is 6.05. The SMILES string of the molecule is COC(=O)c1nc(C)n(-c2ccc(C#N)cc2F)c1N. The van der Waals surface area contributed by atoms with Crippen molar-refractivity contribution in [3.8, 4) is 11.8 Å². The van der Waals surface area contributed by atoms with E-state index in [-0.39, 0.29) is 22.8 Å². The Kier molecular flexibility index (Phi) is 3.39. The average molecular weight is 274 g/mol. The minimum absolute atomic E-state index is 0.0158. The van der Waals surface area contributed by atoms with Crippen molar-refractivity contribution in [2.75, 3.05) is 12.8 Å². The number of benzene rings is 1. The topological polar surface area (TPSA) is 93.9 Å². The molecule has 0 atom stereocenters. The Morgan fingerprint density at radius 2 is 2.25 bits per heavy atom. The monoisotopic (exact) mass is 274 g/mol. The highest BCUT2D eigenvalue weighted by Crippen LogP contribution is 2.23. The average Bonchev–Trinajstić information content (AvgIpc) is 2.73. The molecule has 0 bridgehead atoms. The van der Waals surface area contributed by atoms with Crippen molar-refractivity contribution in [3.63, 3.8) is 0 Å². The number of nitriles is 1. The fraction of sp³-hybridized carbons (Fsp3) is 0.154. The molecule has 2 rings (SSSR count). The predicted molar refractivity (Wildman–Crippen MR) is 68.7 cm³/mol. The van der Waals surface area contributed by atoms with Crippen molar-refractivity contribution >= 4 is 11.8 Å². The maximum atomic E-state index is 14.0. The zero-order chi connectivity index (χ0) is 14.9. The number of carbonyl (C=O) groups excluding carboxylic acids is 1. The number of imidazole rings is 1. The predicted octanol–water partition coefficient (Wildman–Crippen LogP) is 1.56. The number of nitrogens with zero attached hydrogens (tertiary/aromatic N) is 3. The van der Waals surface area contributed by atoms with E-state index in [1.165, 1.54) is 23.8 Å². The van der Waals surface area contributed by atoms with Crippen LogP contribution in [0.3, 0.4) is 0 Å². The second-order valence-electron chi connectivity index (χ2n) is 4.00. The van der Waals surface area contributed by atoms with E-state index in [2.05, 4.69) is 9.72 Å². The lowest BCUT2D eigenvalue weighted by atomic mass is 10.2. The summed E-state index contributed by atoms with van der Waals surface area (Å²) in [6, 6.07) is 5.78. The molecule has 0 aliphatic rings. The quantitative estimate of drug-likeness (QED) is 0.839. The summed E-state index contributed by atoms with van der Waals surface area (Å²) in [5, 5.41) is 8.72. The number of halogens is 1. The molecular formula is C13H11FN4O2. The lowest BCUT2D eigenvalue weighted by molar-refractivity contribution is 0.0596. The van der Waals surface area contributed by atoms with Gasteiger partial charge in [-0.15, -0.1) is 0 Å². The lowest BCUT2D eigenvalue weighted by Gasteiger charge is -2.09. The van der Waals surface area contributed by atoms with Crippen molar-refractivity contribution in [2.45, 2.75) is 6.92 Å². The van der Waals surface area contributed by atoms with Crippen molar-refractivity contribution in [3.05, 3.63) is 41.1 Å². The minimum atomic E-state index is -0.696. The van der Waals surface area contributed by atoms with E-state index in [0.29, 0.717) is 5.82 Å². The molecule has 1 aromatic carbocycles. The van der Waals surface area contributed by atoms with Gasteiger partial charge in [0.25, 0.3) is 0 Å². The Morgan fingerprint density at radius 1 is 1.55 bits per heavy atom. The molecule has 0 unspecified atom stereocenters. The van der Waals surface area contributed by atoms with Crippen LogP contribution in [0.4, 0.5) is 10.2 Å². The third-order valence-electron chi connectivity index (χ3n) is 2.78. The molecule has 0 amide bonds. The molecule has 0 radical (unpaired) electrons. The third kappa shape index (κ3) is 2.07. The highest BCUT2D eigenvalue weighted by molar-refractivity contribution is 5.92. The summed E-state index contributed by atoms with van der Waals surface area (Å²) >= 11 is 0. The maximum Gasteiger partial charge on any atom is 0.360 e. The van der Waals surface area contributed by atoms with Crippen LogP contribution >= 0.6 is 0 Å². The summed E-state index contributed by atoms with van der Waals surface area (Å²) in [7, 11) is 1.21. The van der Waals surface area contributed by atoms with Gasteiger partial charge in [-0.2, -0.15) is 5.26 Å². The van der Waals surface area contributed by atoms with Crippen LogP contribution in [0.5, 0.6) is 0 Å². The van der Waals surface area contributed by atoms with Crippen LogP contribution in [0.15, 0.2) is 18.2 Å². The van der Waals surface area contributed by atoms with E-state index in [0.717, 1.165) is 6.07 Å². The molecule has 0 aliphatic heterocycles. The zero-order valence-electron chi connectivity index (χ0n) is 10.8. The molecule has 20 heavy (non-hydrogen) atoms. The van der Waals surface area contributed by atoms with Crippen LogP contribution in [0, 0.1) is 24.1 Å². The van der Waals surface area contributed by atoms with Gasteiger partial charge in [0.1, 0.15) is 17.5 Å². The molecule has 1 aromatic heterocycles. The second kappa shape index (κ2) is 5.01. The van der Waals surface area contributed by atoms with E-state index in [1.54, 1.807) is 6.92 Å². The van der Waals surface area contributed by atoms with Gasteiger partial charge in [0.15, 0.2) is 5.69 Å². The van der Waals surface area contributed by atoms with E-state index >= 15 is 0 Å². The number of rotatable bonds is 2. The minimum Gasteiger partial charge on any atom is -0.464 e. The Hall–Kier alpha value is -2.88. The molecule has 0 aliphatic carbocycles. The van der Waals surface area contributed by atoms with Gasteiger partial charge < -0.3 is 10.5 Å². The van der Waals surface area contributed by atoms with Crippen LogP contribution in [0.2, 0.25) is 0 Å². The van der Waals surface area contributed by atoms with Gasteiger partial charge in [-0.05, 0) is 25.1 Å². The summed E-state index contributed by atoms with van der Waals surface area (Å²) in [5.74, 6) is -1.00. The fourth-order valence-electron chi connectivity index (χ4n) is 1.86.